The van der Waals surface area contributed by atoms with Crippen LogP contribution in [0.1, 0.15) is 78.1 Å². The topological polar surface area (TPSA) is 86.8 Å². The molecule has 1 rings (SSSR count). The standard InChI is InChI=1S/C18H36N2O3/c1-4-18(23,5-2)16(17(22)20(3)19)13-15(21)12-11-14-9-7-6-8-10-14/h14-16,21,23H,4-13,19H2,1-3H3. The monoisotopic (exact) mass is 328 g/mol. The first-order chi connectivity index (χ1) is 10.8. The fourth-order valence-electron chi connectivity index (χ4n) is 3.83. The Balaban J connectivity index is 2.62. The Morgan fingerprint density at radius 2 is 1.83 bits per heavy atom. The molecule has 0 saturated heterocycles. The minimum Gasteiger partial charge on any atom is -0.393 e. The van der Waals surface area contributed by atoms with Crippen molar-refractivity contribution in [3.8, 4) is 0 Å². The Kier molecular flexibility index (Phi) is 8.51. The minimum absolute atomic E-state index is 0.283. The number of nitrogens with two attached hydrogens (primary N) is 1. The first kappa shape index (κ1) is 20.4. The molecule has 5 heteroatoms. The predicted octanol–water partition coefficient (Wildman–Crippen LogP) is 2.60. The molecule has 1 amide bonds. The zero-order valence-electron chi connectivity index (χ0n) is 15.1. The molecule has 136 valence electrons. The summed E-state index contributed by atoms with van der Waals surface area (Å²) in [6, 6.07) is 0. The predicted molar refractivity (Wildman–Crippen MR) is 92.4 cm³/mol. The van der Waals surface area contributed by atoms with Crippen LogP contribution in [-0.2, 0) is 4.79 Å². The molecule has 0 aromatic carbocycles. The highest BCUT2D eigenvalue weighted by Crippen LogP contribution is 2.33. The normalized spacial score (nSPS) is 19.4. The number of carbonyl (C=O) groups is 1. The van der Waals surface area contributed by atoms with Crippen LogP contribution in [0.4, 0.5) is 0 Å². The summed E-state index contributed by atoms with van der Waals surface area (Å²) in [7, 11) is 1.50. The van der Waals surface area contributed by atoms with Crippen LogP contribution in [-0.4, -0.2) is 39.9 Å². The third-order valence-corrected chi connectivity index (χ3v) is 5.66. The Morgan fingerprint density at radius 3 is 2.30 bits per heavy atom. The maximum absolute atomic E-state index is 12.4. The van der Waals surface area contributed by atoms with E-state index >= 15 is 0 Å². The van der Waals surface area contributed by atoms with Crippen LogP contribution < -0.4 is 5.84 Å². The maximum atomic E-state index is 12.4. The Labute approximate surface area is 141 Å². The minimum atomic E-state index is -1.10. The molecule has 1 aliphatic carbocycles. The van der Waals surface area contributed by atoms with Crippen molar-refractivity contribution in [2.75, 3.05) is 7.05 Å². The molecular formula is C18H36N2O3. The second-order valence-corrected chi connectivity index (χ2v) is 7.28. The summed E-state index contributed by atoms with van der Waals surface area (Å²) >= 11 is 0. The number of nitrogens with zero attached hydrogens (tertiary/aromatic N) is 1. The van der Waals surface area contributed by atoms with E-state index in [1.807, 2.05) is 13.8 Å². The van der Waals surface area contributed by atoms with Gasteiger partial charge in [0.05, 0.1) is 17.6 Å². The summed E-state index contributed by atoms with van der Waals surface area (Å²) in [5.41, 5.74) is -1.10. The molecule has 0 bridgehead atoms. The van der Waals surface area contributed by atoms with Crippen molar-refractivity contribution in [3.05, 3.63) is 0 Å². The van der Waals surface area contributed by atoms with Gasteiger partial charge < -0.3 is 10.2 Å². The first-order valence-corrected chi connectivity index (χ1v) is 9.26. The highest BCUT2D eigenvalue weighted by Gasteiger charge is 2.40. The average molecular weight is 328 g/mol. The van der Waals surface area contributed by atoms with Gasteiger partial charge in [-0.25, -0.2) is 5.84 Å². The SMILES string of the molecule is CCC(O)(CC)C(CC(O)CCC1CCCCC1)C(=O)N(C)N. The molecule has 1 saturated carbocycles. The van der Waals surface area contributed by atoms with E-state index in [0.717, 1.165) is 11.4 Å². The van der Waals surface area contributed by atoms with Crippen molar-refractivity contribution in [1.29, 1.82) is 0 Å². The summed E-state index contributed by atoms with van der Waals surface area (Å²) in [5, 5.41) is 22.2. The van der Waals surface area contributed by atoms with Gasteiger partial charge in [0.2, 0.25) is 5.91 Å². The molecule has 2 unspecified atom stereocenters. The highest BCUT2D eigenvalue weighted by atomic mass is 16.3. The lowest BCUT2D eigenvalue weighted by molar-refractivity contribution is -0.148. The Hall–Kier alpha value is -0.650. The van der Waals surface area contributed by atoms with Crippen LogP contribution in [0.3, 0.4) is 0 Å². The number of aliphatic hydroxyl groups is 2. The molecule has 23 heavy (non-hydrogen) atoms. The molecule has 0 aliphatic heterocycles. The van der Waals surface area contributed by atoms with Crippen molar-refractivity contribution < 1.29 is 15.0 Å². The summed E-state index contributed by atoms with van der Waals surface area (Å²) in [6.07, 6.45) is 8.83. The summed E-state index contributed by atoms with van der Waals surface area (Å²) in [4.78, 5) is 12.4. The molecule has 0 radical (unpaired) electrons. The van der Waals surface area contributed by atoms with E-state index in [-0.39, 0.29) is 12.3 Å². The van der Waals surface area contributed by atoms with Gasteiger partial charge in [-0.15, -0.1) is 0 Å². The number of hydrazine groups is 1. The summed E-state index contributed by atoms with van der Waals surface area (Å²) in [5.74, 6) is 5.37. The number of amides is 1. The molecule has 1 fully saturated rings. The van der Waals surface area contributed by atoms with E-state index in [2.05, 4.69) is 0 Å². The zero-order valence-corrected chi connectivity index (χ0v) is 15.1. The summed E-state index contributed by atoms with van der Waals surface area (Å²) < 4.78 is 0. The first-order valence-electron chi connectivity index (χ1n) is 9.26. The molecule has 5 nitrogen and oxygen atoms in total. The lowest BCUT2D eigenvalue weighted by atomic mass is 9.77. The van der Waals surface area contributed by atoms with Gasteiger partial charge in [-0.05, 0) is 38.0 Å². The maximum Gasteiger partial charge on any atom is 0.242 e. The van der Waals surface area contributed by atoms with Crippen LogP contribution in [0.5, 0.6) is 0 Å². The largest absolute Gasteiger partial charge is 0.393 e. The number of carbonyl (C=O) groups excluding carboxylic acids is 1. The van der Waals surface area contributed by atoms with Crippen LogP contribution in [0.25, 0.3) is 0 Å². The van der Waals surface area contributed by atoms with E-state index in [4.69, 9.17) is 5.84 Å². The zero-order chi connectivity index (χ0) is 17.5. The van der Waals surface area contributed by atoms with Crippen LogP contribution in [0, 0.1) is 11.8 Å². The molecule has 0 spiro atoms. The Bertz CT molecular complexity index is 350. The number of hydrogen-bond acceptors (Lipinski definition) is 4. The van der Waals surface area contributed by atoms with E-state index in [1.165, 1.54) is 39.2 Å². The third kappa shape index (κ3) is 6.05. The lowest BCUT2D eigenvalue weighted by Gasteiger charge is -2.36. The Morgan fingerprint density at radius 1 is 1.26 bits per heavy atom. The fraction of sp³-hybridized carbons (Fsp3) is 0.944. The molecular weight excluding hydrogens is 292 g/mol. The molecule has 0 aromatic rings. The molecule has 0 heterocycles. The third-order valence-electron chi connectivity index (χ3n) is 5.66. The van der Waals surface area contributed by atoms with Gasteiger partial charge >= 0.3 is 0 Å². The quantitative estimate of drug-likeness (QED) is 0.345. The van der Waals surface area contributed by atoms with E-state index in [1.54, 1.807) is 0 Å². The van der Waals surface area contributed by atoms with Crippen LogP contribution in [0.15, 0.2) is 0 Å². The number of aliphatic hydroxyl groups excluding tert-OH is 1. The fourth-order valence-corrected chi connectivity index (χ4v) is 3.83. The average Bonchev–Trinajstić information content (AvgIpc) is 2.57. The van der Waals surface area contributed by atoms with Gasteiger partial charge in [-0.3, -0.25) is 9.80 Å². The van der Waals surface area contributed by atoms with Crippen molar-refractivity contribution in [2.24, 2.45) is 17.7 Å². The highest BCUT2D eigenvalue weighted by molar-refractivity contribution is 5.79. The smallest absolute Gasteiger partial charge is 0.242 e. The second kappa shape index (κ2) is 9.60. The molecule has 2 atom stereocenters. The molecule has 4 N–H and O–H groups in total. The van der Waals surface area contributed by atoms with Crippen LogP contribution in [0.2, 0.25) is 0 Å². The van der Waals surface area contributed by atoms with Crippen molar-refractivity contribution in [3.63, 3.8) is 0 Å². The molecule has 0 aromatic heterocycles. The van der Waals surface area contributed by atoms with Gasteiger partial charge in [0.1, 0.15) is 0 Å². The van der Waals surface area contributed by atoms with Gasteiger partial charge in [0.25, 0.3) is 0 Å². The molecule has 1 aliphatic rings. The lowest BCUT2D eigenvalue weighted by Crippen LogP contribution is -2.50. The van der Waals surface area contributed by atoms with Gasteiger partial charge in [-0.1, -0.05) is 46.0 Å². The van der Waals surface area contributed by atoms with E-state index < -0.39 is 17.6 Å². The van der Waals surface area contributed by atoms with Crippen LogP contribution >= 0.6 is 0 Å². The van der Waals surface area contributed by atoms with Crippen molar-refractivity contribution in [1.82, 2.24) is 5.01 Å². The second-order valence-electron chi connectivity index (χ2n) is 7.28. The number of rotatable bonds is 9. The summed E-state index contributed by atoms with van der Waals surface area (Å²) in [6.45, 7) is 3.74. The van der Waals surface area contributed by atoms with E-state index in [9.17, 15) is 15.0 Å². The van der Waals surface area contributed by atoms with Gasteiger partial charge in [0, 0.05) is 7.05 Å². The van der Waals surface area contributed by atoms with Gasteiger partial charge in [0.15, 0.2) is 0 Å². The van der Waals surface area contributed by atoms with Crippen molar-refractivity contribution >= 4 is 5.91 Å². The van der Waals surface area contributed by atoms with Gasteiger partial charge in [-0.2, -0.15) is 0 Å². The van der Waals surface area contributed by atoms with Crippen molar-refractivity contribution in [2.45, 2.75) is 89.8 Å². The number of hydrogen-bond donors (Lipinski definition) is 3. The van der Waals surface area contributed by atoms with E-state index in [0.29, 0.717) is 25.2 Å².